The zero-order valence-electron chi connectivity index (χ0n) is 11.8. The lowest BCUT2D eigenvalue weighted by Gasteiger charge is -2.04. The van der Waals surface area contributed by atoms with Crippen molar-refractivity contribution in [1.29, 1.82) is 0 Å². The van der Waals surface area contributed by atoms with Crippen molar-refractivity contribution >= 4 is 11.6 Å². The predicted molar refractivity (Wildman–Crippen MR) is 80.6 cm³/mol. The fraction of sp³-hybridized carbons (Fsp3) is 0.125. The van der Waals surface area contributed by atoms with Crippen LogP contribution in [0.1, 0.15) is 28.4 Å². The number of benzene rings is 2. The first-order chi connectivity index (χ1) is 9.95. The molecule has 0 aromatic heterocycles. The molecule has 108 valence electrons. The molecule has 0 saturated heterocycles. The first-order valence-corrected chi connectivity index (χ1v) is 6.40. The molecule has 0 radical (unpaired) electrons. The van der Waals surface area contributed by atoms with Crippen LogP contribution in [0.3, 0.4) is 0 Å². The monoisotopic (exact) mass is 284 g/mol. The van der Waals surface area contributed by atoms with Gasteiger partial charge in [-0.3, -0.25) is 4.79 Å². The minimum Gasteiger partial charge on any atom is -0.508 e. The summed E-state index contributed by atoms with van der Waals surface area (Å²) in [4.78, 5) is 11.9. The fourth-order valence-electron chi connectivity index (χ4n) is 1.78. The van der Waals surface area contributed by atoms with Gasteiger partial charge in [-0.1, -0.05) is 29.8 Å². The zero-order chi connectivity index (χ0) is 15.4. The van der Waals surface area contributed by atoms with E-state index in [1.165, 1.54) is 12.1 Å². The number of aryl methyl sites for hydroxylation is 1. The Hall–Kier alpha value is -2.82. The van der Waals surface area contributed by atoms with Gasteiger partial charge in [-0.05, 0) is 31.5 Å². The lowest BCUT2D eigenvalue weighted by Crippen LogP contribution is -2.19. The van der Waals surface area contributed by atoms with E-state index in [4.69, 9.17) is 0 Å². The summed E-state index contributed by atoms with van der Waals surface area (Å²) in [5, 5.41) is 22.7. The van der Waals surface area contributed by atoms with Crippen LogP contribution in [0.5, 0.6) is 11.5 Å². The molecular formula is C16H16N2O3. The number of hydrazone groups is 1. The molecule has 0 aliphatic rings. The highest BCUT2D eigenvalue weighted by atomic mass is 16.3. The van der Waals surface area contributed by atoms with Crippen LogP contribution in [0, 0.1) is 6.92 Å². The summed E-state index contributed by atoms with van der Waals surface area (Å²) in [5.41, 5.74) is 5.23. The molecule has 0 bridgehead atoms. The van der Waals surface area contributed by atoms with Crippen molar-refractivity contribution in [2.24, 2.45) is 5.10 Å². The molecule has 0 heterocycles. The van der Waals surface area contributed by atoms with Gasteiger partial charge in [0.2, 0.25) is 0 Å². The second-order valence-corrected chi connectivity index (χ2v) is 4.74. The van der Waals surface area contributed by atoms with Crippen LogP contribution >= 0.6 is 0 Å². The molecule has 2 aromatic rings. The Labute approximate surface area is 122 Å². The van der Waals surface area contributed by atoms with E-state index >= 15 is 0 Å². The number of carbonyl (C=O) groups excluding carboxylic acids is 1. The molecule has 5 heteroatoms. The molecule has 2 aromatic carbocycles. The van der Waals surface area contributed by atoms with Crippen LogP contribution in [0.4, 0.5) is 0 Å². The van der Waals surface area contributed by atoms with Gasteiger partial charge in [0.25, 0.3) is 5.91 Å². The van der Waals surface area contributed by atoms with Crippen molar-refractivity contribution in [3.63, 3.8) is 0 Å². The summed E-state index contributed by atoms with van der Waals surface area (Å²) < 4.78 is 0. The van der Waals surface area contributed by atoms with Crippen molar-refractivity contribution in [1.82, 2.24) is 5.43 Å². The van der Waals surface area contributed by atoms with Crippen LogP contribution in [0.15, 0.2) is 47.6 Å². The SMILES string of the molecule is C/C(=N\NC(=O)c1cc(O)cc(O)c1)c1ccc(C)cc1. The van der Waals surface area contributed by atoms with Crippen molar-refractivity contribution in [2.45, 2.75) is 13.8 Å². The topological polar surface area (TPSA) is 81.9 Å². The number of amides is 1. The maximum Gasteiger partial charge on any atom is 0.271 e. The molecule has 3 N–H and O–H groups in total. The number of phenols is 2. The lowest BCUT2D eigenvalue weighted by molar-refractivity contribution is 0.0954. The highest BCUT2D eigenvalue weighted by Gasteiger charge is 2.08. The van der Waals surface area contributed by atoms with Crippen molar-refractivity contribution in [3.8, 4) is 11.5 Å². The van der Waals surface area contributed by atoms with E-state index < -0.39 is 5.91 Å². The van der Waals surface area contributed by atoms with Gasteiger partial charge in [-0.15, -0.1) is 0 Å². The van der Waals surface area contributed by atoms with E-state index in [9.17, 15) is 15.0 Å². The quantitative estimate of drug-likeness (QED) is 0.598. The standard InChI is InChI=1S/C16H16N2O3/c1-10-3-5-12(6-4-10)11(2)17-18-16(21)13-7-14(19)9-15(20)8-13/h3-9,19-20H,1-2H3,(H,18,21)/b17-11+. The number of rotatable bonds is 3. The summed E-state index contributed by atoms with van der Waals surface area (Å²) in [6.45, 7) is 3.78. The van der Waals surface area contributed by atoms with Gasteiger partial charge in [0.15, 0.2) is 0 Å². The van der Waals surface area contributed by atoms with Gasteiger partial charge in [0.1, 0.15) is 11.5 Å². The van der Waals surface area contributed by atoms with E-state index in [-0.39, 0.29) is 17.1 Å². The molecule has 0 unspecified atom stereocenters. The molecule has 0 fully saturated rings. The lowest BCUT2D eigenvalue weighted by atomic mass is 10.1. The third kappa shape index (κ3) is 3.82. The zero-order valence-corrected chi connectivity index (χ0v) is 11.8. The van der Waals surface area contributed by atoms with Gasteiger partial charge < -0.3 is 10.2 Å². The average Bonchev–Trinajstić information content (AvgIpc) is 2.44. The Bertz CT molecular complexity index is 671. The van der Waals surface area contributed by atoms with E-state index in [0.717, 1.165) is 17.2 Å². The summed E-state index contributed by atoms with van der Waals surface area (Å²) in [5.74, 6) is -0.869. The number of phenolic OH excluding ortho intramolecular Hbond substituents is 2. The van der Waals surface area contributed by atoms with Crippen molar-refractivity contribution in [2.75, 3.05) is 0 Å². The van der Waals surface area contributed by atoms with E-state index in [1.54, 1.807) is 6.92 Å². The first kappa shape index (κ1) is 14.6. The van der Waals surface area contributed by atoms with E-state index in [1.807, 2.05) is 31.2 Å². The normalized spacial score (nSPS) is 11.2. The van der Waals surface area contributed by atoms with Gasteiger partial charge in [0, 0.05) is 11.6 Å². The Morgan fingerprint density at radius 1 is 1.00 bits per heavy atom. The van der Waals surface area contributed by atoms with Crippen LogP contribution < -0.4 is 5.43 Å². The summed E-state index contributed by atoms with van der Waals surface area (Å²) in [6.07, 6.45) is 0. The van der Waals surface area contributed by atoms with Gasteiger partial charge in [0.05, 0.1) is 5.71 Å². The molecule has 5 nitrogen and oxygen atoms in total. The number of carbonyl (C=O) groups is 1. The summed E-state index contributed by atoms with van der Waals surface area (Å²) in [7, 11) is 0. The van der Waals surface area contributed by atoms with Crippen LogP contribution in [-0.4, -0.2) is 21.8 Å². The minimum absolute atomic E-state index is 0.132. The molecule has 0 aliphatic carbocycles. The third-order valence-electron chi connectivity index (χ3n) is 2.96. The number of nitrogens with one attached hydrogen (secondary N) is 1. The molecule has 21 heavy (non-hydrogen) atoms. The Balaban J connectivity index is 2.12. The molecular weight excluding hydrogens is 268 g/mol. The second kappa shape index (κ2) is 6.09. The smallest absolute Gasteiger partial charge is 0.271 e. The van der Waals surface area contributed by atoms with E-state index in [0.29, 0.717) is 5.71 Å². The minimum atomic E-state index is -0.507. The Morgan fingerprint density at radius 2 is 1.57 bits per heavy atom. The Kier molecular flexibility index (Phi) is 4.23. The highest BCUT2D eigenvalue weighted by Crippen LogP contribution is 2.20. The van der Waals surface area contributed by atoms with Crippen LogP contribution in [0.2, 0.25) is 0 Å². The molecule has 0 atom stereocenters. The van der Waals surface area contributed by atoms with Gasteiger partial charge in [-0.2, -0.15) is 5.10 Å². The number of aromatic hydroxyl groups is 2. The van der Waals surface area contributed by atoms with E-state index in [2.05, 4.69) is 10.5 Å². The third-order valence-corrected chi connectivity index (χ3v) is 2.96. The first-order valence-electron chi connectivity index (χ1n) is 6.40. The maximum atomic E-state index is 11.9. The number of hydrogen-bond donors (Lipinski definition) is 3. The average molecular weight is 284 g/mol. The second-order valence-electron chi connectivity index (χ2n) is 4.74. The molecule has 1 amide bonds. The number of hydrogen-bond acceptors (Lipinski definition) is 4. The molecule has 0 aliphatic heterocycles. The Morgan fingerprint density at radius 3 is 2.14 bits per heavy atom. The predicted octanol–water partition coefficient (Wildman–Crippen LogP) is 2.56. The van der Waals surface area contributed by atoms with Gasteiger partial charge in [-0.25, -0.2) is 5.43 Å². The highest BCUT2D eigenvalue weighted by molar-refractivity contribution is 6.01. The maximum absolute atomic E-state index is 11.9. The van der Waals surface area contributed by atoms with Crippen molar-refractivity contribution in [3.05, 3.63) is 59.2 Å². The molecule has 2 rings (SSSR count). The fourth-order valence-corrected chi connectivity index (χ4v) is 1.78. The summed E-state index contributed by atoms with van der Waals surface area (Å²) >= 11 is 0. The molecule has 0 saturated carbocycles. The van der Waals surface area contributed by atoms with Gasteiger partial charge >= 0.3 is 0 Å². The summed E-state index contributed by atoms with van der Waals surface area (Å²) in [6, 6.07) is 11.4. The number of nitrogens with zero attached hydrogens (tertiary/aromatic N) is 1. The largest absolute Gasteiger partial charge is 0.508 e. The molecule has 0 spiro atoms. The van der Waals surface area contributed by atoms with Crippen molar-refractivity contribution < 1.29 is 15.0 Å². The van der Waals surface area contributed by atoms with Crippen LogP contribution in [0.25, 0.3) is 0 Å². The van der Waals surface area contributed by atoms with Crippen LogP contribution in [-0.2, 0) is 0 Å².